The molecule has 0 heterocycles. The summed E-state index contributed by atoms with van der Waals surface area (Å²) in [5.74, 6) is 3.34. The maximum absolute atomic E-state index is 12.4. The van der Waals surface area contributed by atoms with Gasteiger partial charge >= 0.3 is 17.3 Å². The second kappa shape index (κ2) is 6.89. The Morgan fingerprint density at radius 1 is 0.905 bits per heavy atom. The molecule has 0 bridgehead atoms. The normalized spacial score (nSPS) is 11.7. The van der Waals surface area contributed by atoms with Gasteiger partial charge in [0.05, 0.1) is 5.56 Å². The van der Waals surface area contributed by atoms with Gasteiger partial charge in [-0.2, -0.15) is 14.4 Å². The van der Waals surface area contributed by atoms with Gasteiger partial charge in [-0.3, -0.25) is 4.79 Å². The third-order valence-electron chi connectivity index (χ3n) is 2.65. The van der Waals surface area contributed by atoms with Gasteiger partial charge in [0.25, 0.3) is 0 Å². The van der Waals surface area contributed by atoms with Crippen molar-refractivity contribution in [1.82, 2.24) is 0 Å². The molecule has 0 aromatic heterocycles. The summed E-state index contributed by atoms with van der Waals surface area (Å²) in [7, 11) is 0. The topological polar surface area (TPSA) is 95.7 Å². The number of benzene rings is 2. The van der Waals surface area contributed by atoms with E-state index >= 15 is 0 Å². The second-order valence-electron chi connectivity index (χ2n) is 3.91. The molecule has 2 aromatic rings. The van der Waals surface area contributed by atoms with Crippen LogP contribution in [0.2, 0.25) is 0 Å². The highest BCUT2D eigenvalue weighted by atomic mass is 32.2. The van der Waals surface area contributed by atoms with Crippen molar-refractivity contribution in [2.24, 2.45) is 5.90 Å². The van der Waals surface area contributed by atoms with Crippen LogP contribution in [0.4, 0.5) is 0 Å². The first-order valence-electron chi connectivity index (χ1n) is 5.84. The van der Waals surface area contributed by atoms with Crippen LogP contribution >= 0.6 is 0 Å². The smallest absolute Gasteiger partial charge is 0.338 e. The van der Waals surface area contributed by atoms with Crippen LogP contribution in [0.3, 0.4) is 0 Å². The van der Waals surface area contributed by atoms with Gasteiger partial charge in [-0.25, -0.2) is 4.79 Å². The van der Waals surface area contributed by atoms with Crippen molar-refractivity contribution in [3.63, 3.8) is 0 Å². The summed E-state index contributed by atoms with van der Waals surface area (Å²) in [5.41, 5.74) is 0.549. The third-order valence-corrected chi connectivity index (χ3v) is 3.09. The Hall–Kier alpha value is -2.35. The fraction of sp³-hybridized carbons (Fsp3) is 0. The van der Waals surface area contributed by atoms with Gasteiger partial charge in [-0.05, 0) is 6.07 Å². The van der Waals surface area contributed by atoms with Gasteiger partial charge in [0.1, 0.15) is 0 Å². The summed E-state index contributed by atoms with van der Waals surface area (Å²) in [6.07, 6.45) is 0. The number of ketones is 1. The number of carbonyl (C=O) groups is 2. The molecule has 2 aromatic carbocycles. The fourth-order valence-electron chi connectivity index (χ4n) is 1.73. The van der Waals surface area contributed by atoms with Gasteiger partial charge in [-0.1, -0.05) is 48.5 Å². The SMILES string of the molecule is NOS(=O)OC(=O)c1ccccc1C(=O)c1ccccc1. The van der Waals surface area contributed by atoms with Crippen LogP contribution in [0.5, 0.6) is 0 Å². The summed E-state index contributed by atoms with van der Waals surface area (Å²) in [6, 6.07) is 14.5. The summed E-state index contributed by atoms with van der Waals surface area (Å²) < 4.78 is 19.3. The molecule has 0 aliphatic rings. The quantitative estimate of drug-likeness (QED) is 0.665. The van der Waals surface area contributed by atoms with E-state index < -0.39 is 17.3 Å². The second-order valence-corrected chi connectivity index (χ2v) is 4.68. The van der Waals surface area contributed by atoms with E-state index in [1.807, 2.05) is 0 Å². The Morgan fingerprint density at radius 2 is 1.48 bits per heavy atom. The highest BCUT2D eigenvalue weighted by Crippen LogP contribution is 2.16. The summed E-state index contributed by atoms with van der Waals surface area (Å²) in [4.78, 5) is 24.3. The van der Waals surface area contributed by atoms with Crippen molar-refractivity contribution in [3.8, 4) is 0 Å². The molecule has 1 unspecified atom stereocenters. The van der Waals surface area contributed by atoms with Crippen molar-refractivity contribution in [2.45, 2.75) is 0 Å². The Balaban J connectivity index is 2.35. The molecule has 0 aliphatic heterocycles. The minimum atomic E-state index is -2.41. The van der Waals surface area contributed by atoms with Crippen LogP contribution < -0.4 is 5.90 Å². The predicted molar refractivity (Wildman–Crippen MR) is 75.1 cm³/mol. The molecule has 0 amide bonds. The Kier molecular flexibility index (Phi) is 4.94. The van der Waals surface area contributed by atoms with Crippen molar-refractivity contribution < 1.29 is 22.3 Å². The number of carbonyl (C=O) groups excluding carboxylic acids is 2. The van der Waals surface area contributed by atoms with E-state index in [-0.39, 0.29) is 16.9 Å². The molecule has 0 fully saturated rings. The van der Waals surface area contributed by atoms with Crippen molar-refractivity contribution in [1.29, 1.82) is 0 Å². The minimum Gasteiger partial charge on any atom is -0.338 e. The first kappa shape index (κ1) is 15.0. The molecule has 0 saturated heterocycles. The van der Waals surface area contributed by atoms with Gasteiger partial charge in [-0.15, -0.1) is 0 Å². The number of nitrogens with two attached hydrogens (primary N) is 1. The van der Waals surface area contributed by atoms with Gasteiger partial charge in [0.2, 0.25) is 0 Å². The predicted octanol–water partition coefficient (Wildman–Crippen LogP) is 1.54. The molecule has 7 heteroatoms. The largest absolute Gasteiger partial charge is 0.380 e. The van der Waals surface area contributed by atoms with E-state index in [1.54, 1.807) is 42.5 Å². The molecule has 6 nitrogen and oxygen atoms in total. The van der Waals surface area contributed by atoms with Crippen LogP contribution in [0, 0.1) is 0 Å². The molecule has 2 N–H and O–H groups in total. The summed E-state index contributed by atoms with van der Waals surface area (Å²) in [5, 5.41) is 0. The molecule has 108 valence electrons. The maximum Gasteiger partial charge on any atom is 0.380 e. The molecule has 2 rings (SSSR count). The fourth-order valence-corrected chi connectivity index (χ4v) is 1.98. The van der Waals surface area contributed by atoms with Crippen LogP contribution in [0.1, 0.15) is 26.3 Å². The van der Waals surface area contributed by atoms with Crippen molar-refractivity contribution >= 4 is 23.1 Å². The molecule has 0 aliphatic carbocycles. The first-order valence-corrected chi connectivity index (χ1v) is 6.84. The number of hydrogen-bond donors (Lipinski definition) is 1. The van der Waals surface area contributed by atoms with Gasteiger partial charge in [0, 0.05) is 11.1 Å². The van der Waals surface area contributed by atoms with Crippen LogP contribution in [-0.4, -0.2) is 16.0 Å². The van der Waals surface area contributed by atoms with E-state index in [4.69, 9.17) is 0 Å². The molecular formula is C14H11NO5S. The average Bonchev–Trinajstić information content (AvgIpc) is 2.54. The van der Waals surface area contributed by atoms with Crippen LogP contribution in [-0.2, 0) is 19.8 Å². The zero-order valence-corrected chi connectivity index (χ0v) is 11.5. The lowest BCUT2D eigenvalue weighted by molar-refractivity contribution is 0.0728. The van der Waals surface area contributed by atoms with E-state index in [0.717, 1.165) is 0 Å². The van der Waals surface area contributed by atoms with E-state index in [9.17, 15) is 13.8 Å². The van der Waals surface area contributed by atoms with Crippen LogP contribution in [0.15, 0.2) is 54.6 Å². The van der Waals surface area contributed by atoms with Crippen molar-refractivity contribution in [2.75, 3.05) is 0 Å². The molecule has 21 heavy (non-hydrogen) atoms. The molecule has 0 saturated carbocycles. The number of hydrogen-bond acceptors (Lipinski definition) is 6. The Morgan fingerprint density at radius 3 is 2.10 bits per heavy atom. The monoisotopic (exact) mass is 305 g/mol. The third kappa shape index (κ3) is 3.60. The maximum atomic E-state index is 12.4. The molecule has 0 spiro atoms. The Bertz CT molecular complexity index is 687. The van der Waals surface area contributed by atoms with Crippen molar-refractivity contribution in [3.05, 3.63) is 71.3 Å². The standard InChI is InChI=1S/C14H11NO5S/c15-20-21(18)19-14(17)12-9-5-4-8-11(12)13(16)10-6-2-1-3-7-10/h1-9H,15H2. The van der Waals surface area contributed by atoms with E-state index in [0.29, 0.717) is 5.56 Å². The average molecular weight is 305 g/mol. The minimum absolute atomic E-state index is 0.0169. The zero-order chi connectivity index (χ0) is 15.2. The van der Waals surface area contributed by atoms with Gasteiger partial charge in [0.15, 0.2) is 5.78 Å². The highest BCUT2D eigenvalue weighted by Gasteiger charge is 2.20. The zero-order valence-electron chi connectivity index (χ0n) is 10.7. The first-order chi connectivity index (χ1) is 10.1. The lowest BCUT2D eigenvalue weighted by Gasteiger charge is -2.07. The molecule has 1 atom stereocenters. The number of rotatable bonds is 5. The molecule has 0 radical (unpaired) electrons. The van der Waals surface area contributed by atoms with E-state index in [1.165, 1.54) is 12.1 Å². The lowest BCUT2D eigenvalue weighted by atomic mass is 9.98. The summed E-state index contributed by atoms with van der Waals surface area (Å²) in [6.45, 7) is 0. The van der Waals surface area contributed by atoms with E-state index in [2.05, 4.69) is 14.4 Å². The Labute approximate surface area is 123 Å². The molecular weight excluding hydrogens is 294 g/mol. The van der Waals surface area contributed by atoms with Crippen LogP contribution in [0.25, 0.3) is 0 Å². The van der Waals surface area contributed by atoms with Gasteiger partial charge < -0.3 is 4.18 Å². The highest BCUT2D eigenvalue weighted by molar-refractivity contribution is 7.75. The summed E-state index contributed by atoms with van der Waals surface area (Å²) >= 11 is -2.41. The lowest BCUT2D eigenvalue weighted by Crippen LogP contribution is -2.16.